The van der Waals surface area contributed by atoms with Crippen molar-refractivity contribution in [1.29, 1.82) is 0 Å². The van der Waals surface area contributed by atoms with Crippen molar-refractivity contribution in [3.05, 3.63) is 58.6 Å². The van der Waals surface area contributed by atoms with Gasteiger partial charge in [-0.25, -0.2) is 9.59 Å². The minimum atomic E-state index is -4.85. The number of benzene rings is 2. The number of ether oxygens (including phenoxy) is 3. The molecule has 0 bridgehead atoms. The van der Waals surface area contributed by atoms with Gasteiger partial charge >= 0.3 is 30.3 Å². The topological polar surface area (TPSA) is 144 Å². The molecule has 0 aromatic heterocycles. The average molecular weight is 599 g/mol. The Morgan fingerprint density at radius 1 is 1.07 bits per heavy atom. The smallest absolute Gasteiger partial charge is 0.467 e. The van der Waals surface area contributed by atoms with Crippen LogP contribution in [-0.4, -0.2) is 71.6 Å². The number of fused-ring (bicyclic) bond motifs is 3. The van der Waals surface area contributed by atoms with Crippen molar-refractivity contribution in [1.82, 2.24) is 9.91 Å². The molecule has 41 heavy (non-hydrogen) atoms. The van der Waals surface area contributed by atoms with Crippen molar-refractivity contribution in [2.75, 3.05) is 19.1 Å². The van der Waals surface area contributed by atoms with Gasteiger partial charge in [0, 0.05) is 36.5 Å². The van der Waals surface area contributed by atoms with E-state index in [0.717, 1.165) is 22.0 Å². The Kier molecular flexibility index (Phi) is 9.22. The summed E-state index contributed by atoms with van der Waals surface area (Å²) in [5, 5.41) is 8.16. The molecular formula is C25H22ClF3N4O8. The lowest BCUT2D eigenvalue weighted by atomic mass is 9.91. The van der Waals surface area contributed by atoms with Gasteiger partial charge in [0.15, 0.2) is 5.54 Å². The number of halogens is 4. The van der Waals surface area contributed by atoms with Crippen molar-refractivity contribution < 1.29 is 51.4 Å². The van der Waals surface area contributed by atoms with E-state index in [1.165, 1.54) is 33.1 Å². The Balaban J connectivity index is 0.000000587. The number of anilines is 1. The number of esters is 3. The van der Waals surface area contributed by atoms with E-state index < -0.39 is 41.6 Å². The summed E-state index contributed by atoms with van der Waals surface area (Å²) < 4.78 is 49.7. The van der Waals surface area contributed by atoms with Crippen LogP contribution in [0.2, 0.25) is 5.02 Å². The number of methoxy groups -OCH3 is 1. The fourth-order valence-corrected chi connectivity index (χ4v) is 4.33. The van der Waals surface area contributed by atoms with E-state index in [9.17, 15) is 37.1 Å². The number of carbonyl (C=O) groups excluding carboxylic acids is 5. The maximum Gasteiger partial charge on any atom is 0.573 e. The van der Waals surface area contributed by atoms with Crippen LogP contribution in [0.15, 0.2) is 47.6 Å². The normalized spacial score (nSPS) is 17.1. The Hall–Kier alpha value is -4.66. The maximum absolute atomic E-state index is 12.9. The molecule has 0 fully saturated rings. The predicted octanol–water partition coefficient (Wildman–Crippen LogP) is 3.47. The fourth-order valence-electron chi connectivity index (χ4n) is 4.13. The van der Waals surface area contributed by atoms with Crippen molar-refractivity contribution in [2.45, 2.75) is 32.2 Å². The zero-order chi connectivity index (χ0) is 30.5. The summed E-state index contributed by atoms with van der Waals surface area (Å²) >= 11 is 6.08. The van der Waals surface area contributed by atoms with Gasteiger partial charge in [0.05, 0.1) is 7.11 Å². The molecule has 1 atom stereocenters. The molecule has 2 aliphatic rings. The van der Waals surface area contributed by atoms with Crippen LogP contribution in [0.1, 0.15) is 25.0 Å². The highest BCUT2D eigenvalue weighted by Gasteiger charge is 2.58. The van der Waals surface area contributed by atoms with E-state index in [4.69, 9.17) is 16.3 Å². The van der Waals surface area contributed by atoms with Gasteiger partial charge in [0.1, 0.15) is 18.1 Å². The zero-order valence-electron chi connectivity index (χ0n) is 21.7. The highest BCUT2D eigenvalue weighted by atomic mass is 35.5. The quantitative estimate of drug-likeness (QED) is 0.320. The third-order valence-corrected chi connectivity index (χ3v) is 5.90. The van der Waals surface area contributed by atoms with Crippen LogP contribution in [0.25, 0.3) is 0 Å². The summed E-state index contributed by atoms with van der Waals surface area (Å²) in [6, 6.07) is 8.55. The second kappa shape index (κ2) is 12.2. The molecule has 2 aromatic carbocycles. The molecule has 2 aromatic rings. The molecule has 1 N–H and O–H groups in total. The van der Waals surface area contributed by atoms with Gasteiger partial charge in [-0.2, -0.15) is 10.1 Å². The van der Waals surface area contributed by atoms with Crippen LogP contribution < -0.4 is 10.1 Å². The monoisotopic (exact) mass is 598 g/mol. The first-order valence-electron chi connectivity index (χ1n) is 11.5. The summed E-state index contributed by atoms with van der Waals surface area (Å²) in [6.45, 7) is 1.98. The van der Waals surface area contributed by atoms with E-state index in [1.807, 2.05) is 0 Å². The second-order valence-corrected chi connectivity index (χ2v) is 8.92. The molecule has 16 heteroatoms. The minimum absolute atomic E-state index is 0.0588. The molecule has 1 heterocycles. The molecule has 1 unspecified atom stereocenters. The molecule has 218 valence electrons. The number of hydrazone groups is 1. The third kappa shape index (κ3) is 7.11. The van der Waals surface area contributed by atoms with Gasteiger partial charge in [0.2, 0.25) is 6.41 Å². The van der Waals surface area contributed by atoms with E-state index >= 15 is 0 Å². The molecule has 3 amide bonds. The lowest BCUT2D eigenvalue weighted by molar-refractivity contribution is -0.274. The number of urea groups is 1. The van der Waals surface area contributed by atoms with Gasteiger partial charge in [-0.1, -0.05) is 17.7 Å². The first kappa shape index (κ1) is 30.9. The molecule has 1 aliphatic carbocycles. The fraction of sp³-hybridized carbons (Fsp3) is 0.280. The highest BCUT2D eigenvalue weighted by Crippen LogP contribution is 2.39. The molecule has 12 nitrogen and oxygen atoms in total. The lowest BCUT2D eigenvalue weighted by Gasteiger charge is -2.42. The van der Waals surface area contributed by atoms with Gasteiger partial charge in [-0.05, 0) is 42.0 Å². The van der Waals surface area contributed by atoms with Gasteiger partial charge in [-0.15, -0.1) is 13.2 Å². The van der Waals surface area contributed by atoms with Crippen LogP contribution in [0, 0.1) is 0 Å². The summed E-state index contributed by atoms with van der Waals surface area (Å²) in [7, 11) is 1.18. The molecule has 0 saturated carbocycles. The Labute approximate surface area is 235 Å². The number of hydrogen-bond donors (Lipinski definition) is 1. The van der Waals surface area contributed by atoms with Crippen LogP contribution in [0.3, 0.4) is 0 Å². The molecule has 0 spiro atoms. The number of nitrogens with one attached hydrogen (secondary N) is 1. The number of amides is 3. The SMILES string of the molecule is CC(=O)OC(C)=O.COC(=O)C12Cc3cc(Cl)ccc3C1=NN(C(=O)Nc1ccc(OC(F)(F)F)cc1)CN2C=O. The summed E-state index contributed by atoms with van der Waals surface area (Å²) in [6.07, 6.45) is -4.37. The van der Waals surface area contributed by atoms with E-state index in [-0.39, 0.29) is 24.5 Å². The zero-order valence-corrected chi connectivity index (χ0v) is 22.4. The number of carbonyl (C=O) groups is 5. The highest BCUT2D eigenvalue weighted by molar-refractivity contribution is 6.31. The van der Waals surface area contributed by atoms with E-state index in [2.05, 4.69) is 19.9 Å². The Bertz CT molecular complexity index is 1390. The summed E-state index contributed by atoms with van der Waals surface area (Å²) in [5.74, 6) is -2.31. The van der Waals surface area contributed by atoms with Crippen molar-refractivity contribution in [2.24, 2.45) is 5.10 Å². The third-order valence-electron chi connectivity index (χ3n) is 5.67. The van der Waals surface area contributed by atoms with Crippen LogP contribution in [0.5, 0.6) is 5.75 Å². The minimum Gasteiger partial charge on any atom is -0.467 e. The standard InChI is InChI=1S/C21H16ClF3N4O5.C4H6O3/c1-33-18(31)20-9-12-8-13(22)2-7-16(12)17(20)27-29(10-28(20)11-30)19(32)26-14-3-5-15(6-4-14)34-21(23,24)25;1-3(5)7-4(2)6/h2-8,11H,9-10H2,1H3,(H,26,32);1-2H3. The van der Waals surface area contributed by atoms with Gasteiger partial charge < -0.3 is 24.4 Å². The molecule has 0 saturated heterocycles. The number of hydrogen-bond acceptors (Lipinski definition) is 9. The Morgan fingerprint density at radius 2 is 1.71 bits per heavy atom. The largest absolute Gasteiger partial charge is 0.573 e. The van der Waals surface area contributed by atoms with E-state index in [0.29, 0.717) is 22.6 Å². The first-order chi connectivity index (χ1) is 19.2. The number of alkyl halides is 3. The molecular weight excluding hydrogens is 577 g/mol. The second-order valence-electron chi connectivity index (χ2n) is 8.48. The Morgan fingerprint density at radius 3 is 2.22 bits per heavy atom. The maximum atomic E-state index is 12.9. The van der Waals surface area contributed by atoms with Crippen LogP contribution >= 0.6 is 11.6 Å². The van der Waals surface area contributed by atoms with Gasteiger partial charge in [0.25, 0.3) is 0 Å². The first-order valence-corrected chi connectivity index (χ1v) is 11.9. The average Bonchev–Trinajstić information content (AvgIpc) is 3.21. The number of nitrogens with zero attached hydrogens (tertiary/aromatic N) is 3. The molecule has 1 aliphatic heterocycles. The number of rotatable bonds is 4. The van der Waals surface area contributed by atoms with Crippen molar-refractivity contribution in [3.8, 4) is 5.75 Å². The molecule has 4 rings (SSSR count). The summed E-state index contributed by atoms with van der Waals surface area (Å²) in [4.78, 5) is 58.4. The lowest BCUT2D eigenvalue weighted by Crippen LogP contribution is -2.65. The van der Waals surface area contributed by atoms with Gasteiger partial charge in [-0.3, -0.25) is 14.4 Å². The molecule has 0 radical (unpaired) electrons. The predicted molar refractivity (Wildman–Crippen MR) is 136 cm³/mol. The van der Waals surface area contributed by atoms with Crippen LogP contribution in [0.4, 0.5) is 23.7 Å². The van der Waals surface area contributed by atoms with Crippen molar-refractivity contribution >= 4 is 53.3 Å². The van der Waals surface area contributed by atoms with Crippen LogP contribution in [-0.2, 0) is 35.1 Å². The van der Waals surface area contributed by atoms with E-state index in [1.54, 1.807) is 18.2 Å². The summed E-state index contributed by atoms with van der Waals surface area (Å²) in [5.41, 5.74) is -0.121. The van der Waals surface area contributed by atoms with Crippen molar-refractivity contribution in [3.63, 3.8) is 0 Å².